The van der Waals surface area contributed by atoms with Crippen molar-refractivity contribution in [1.29, 1.82) is 0 Å². The van der Waals surface area contributed by atoms with Crippen LogP contribution in [0, 0.1) is 6.57 Å². The molecule has 2 heterocycles. The fraction of sp³-hybridized carbons (Fsp3) is 0.0500. The SMILES string of the molecule is [C-]#[N+]c1cnc2c(c1)c(-c1ccccc1)nn2Cc1ccccc1. The van der Waals surface area contributed by atoms with E-state index in [4.69, 9.17) is 11.7 Å². The van der Waals surface area contributed by atoms with Gasteiger partial charge in [-0.05, 0) is 11.6 Å². The number of aromatic nitrogens is 3. The van der Waals surface area contributed by atoms with Gasteiger partial charge in [-0.3, -0.25) is 0 Å². The molecule has 4 rings (SSSR count). The van der Waals surface area contributed by atoms with Crippen molar-refractivity contribution in [1.82, 2.24) is 14.8 Å². The molecule has 0 aliphatic rings. The summed E-state index contributed by atoms with van der Waals surface area (Å²) in [6.45, 7) is 7.89. The van der Waals surface area contributed by atoms with E-state index < -0.39 is 0 Å². The molecule has 0 saturated carbocycles. The average Bonchev–Trinajstić information content (AvgIpc) is 3.01. The predicted octanol–water partition coefficient (Wildman–Crippen LogP) is 4.70. The lowest BCUT2D eigenvalue weighted by Crippen LogP contribution is -2.02. The summed E-state index contributed by atoms with van der Waals surface area (Å²) in [6.07, 6.45) is 1.60. The van der Waals surface area contributed by atoms with Gasteiger partial charge in [-0.1, -0.05) is 60.7 Å². The summed E-state index contributed by atoms with van der Waals surface area (Å²) in [5.41, 5.74) is 4.37. The first kappa shape index (κ1) is 14.2. The first-order chi connectivity index (χ1) is 11.8. The maximum absolute atomic E-state index is 7.24. The van der Waals surface area contributed by atoms with Crippen molar-refractivity contribution in [3.8, 4) is 11.3 Å². The highest BCUT2D eigenvalue weighted by molar-refractivity contribution is 5.93. The summed E-state index contributed by atoms with van der Waals surface area (Å²) in [7, 11) is 0. The molecular weight excluding hydrogens is 296 g/mol. The van der Waals surface area contributed by atoms with Crippen LogP contribution < -0.4 is 0 Å². The van der Waals surface area contributed by atoms with Gasteiger partial charge in [0.25, 0.3) is 0 Å². The fourth-order valence-corrected chi connectivity index (χ4v) is 2.79. The first-order valence-corrected chi connectivity index (χ1v) is 7.68. The first-order valence-electron chi connectivity index (χ1n) is 7.68. The minimum atomic E-state index is 0.527. The molecule has 0 spiro atoms. The van der Waals surface area contributed by atoms with E-state index in [-0.39, 0.29) is 0 Å². The molecule has 0 aliphatic heterocycles. The van der Waals surface area contributed by atoms with E-state index in [0.29, 0.717) is 12.2 Å². The zero-order chi connectivity index (χ0) is 16.4. The van der Waals surface area contributed by atoms with Crippen molar-refractivity contribution < 1.29 is 0 Å². The van der Waals surface area contributed by atoms with Crippen LogP contribution >= 0.6 is 0 Å². The minimum Gasteiger partial charge on any atom is -0.249 e. The Kier molecular flexibility index (Phi) is 3.53. The zero-order valence-corrected chi connectivity index (χ0v) is 12.9. The van der Waals surface area contributed by atoms with Gasteiger partial charge >= 0.3 is 0 Å². The number of fused-ring (bicyclic) bond motifs is 1. The molecular formula is C20H14N4. The van der Waals surface area contributed by atoms with Crippen LogP contribution in [0.25, 0.3) is 27.1 Å². The van der Waals surface area contributed by atoms with E-state index in [0.717, 1.165) is 27.9 Å². The molecule has 4 aromatic rings. The Labute approximate surface area is 139 Å². The maximum atomic E-state index is 7.24. The maximum Gasteiger partial charge on any atom is 0.205 e. The second-order valence-corrected chi connectivity index (χ2v) is 5.53. The van der Waals surface area contributed by atoms with E-state index in [1.165, 1.54) is 0 Å². The predicted molar refractivity (Wildman–Crippen MR) is 94.8 cm³/mol. The monoisotopic (exact) mass is 310 g/mol. The second-order valence-electron chi connectivity index (χ2n) is 5.53. The van der Waals surface area contributed by atoms with Gasteiger partial charge in [0, 0.05) is 17.1 Å². The number of nitrogens with zero attached hydrogens (tertiary/aromatic N) is 4. The van der Waals surface area contributed by atoms with E-state index in [1.807, 2.05) is 59.3 Å². The highest BCUT2D eigenvalue weighted by Gasteiger charge is 2.14. The van der Waals surface area contributed by atoms with Crippen molar-refractivity contribution >= 4 is 16.7 Å². The van der Waals surface area contributed by atoms with Crippen LogP contribution in [-0.4, -0.2) is 14.8 Å². The molecule has 0 aliphatic carbocycles. The number of rotatable bonds is 3. The molecule has 0 unspecified atom stereocenters. The van der Waals surface area contributed by atoms with Crippen LogP contribution in [0.2, 0.25) is 0 Å². The molecule has 4 heteroatoms. The molecule has 0 bridgehead atoms. The summed E-state index contributed by atoms with van der Waals surface area (Å²) in [6, 6.07) is 22.1. The Bertz CT molecular complexity index is 1030. The summed E-state index contributed by atoms with van der Waals surface area (Å²) >= 11 is 0. The third kappa shape index (κ3) is 2.53. The molecule has 0 fully saturated rings. The van der Waals surface area contributed by atoms with Gasteiger partial charge in [-0.15, -0.1) is 0 Å². The fourth-order valence-electron chi connectivity index (χ4n) is 2.79. The van der Waals surface area contributed by atoms with Crippen molar-refractivity contribution in [2.24, 2.45) is 0 Å². The molecule has 0 atom stereocenters. The molecule has 24 heavy (non-hydrogen) atoms. The lowest BCUT2D eigenvalue weighted by molar-refractivity contribution is 0.707. The van der Waals surface area contributed by atoms with Crippen LogP contribution in [-0.2, 0) is 6.54 Å². The van der Waals surface area contributed by atoms with E-state index in [2.05, 4.69) is 22.0 Å². The van der Waals surface area contributed by atoms with Crippen molar-refractivity contribution in [3.05, 3.63) is 89.9 Å². The topological polar surface area (TPSA) is 35.1 Å². The third-order valence-electron chi connectivity index (χ3n) is 3.92. The molecule has 0 saturated heterocycles. The summed E-state index contributed by atoms with van der Waals surface area (Å²) in [5.74, 6) is 0. The summed E-state index contributed by atoms with van der Waals surface area (Å²) in [5, 5.41) is 5.69. The highest BCUT2D eigenvalue weighted by Crippen LogP contribution is 2.29. The molecule has 114 valence electrons. The van der Waals surface area contributed by atoms with Crippen molar-refractivity contribution in [2.45, 2.75) is 6.54 Å². The van der Waals surface area contributed by atoms with E-state index >= 15 is 0 Å². The van der Waals surface area contributed by atoms with Crippen LogP contribution in [0.5, 0.6) is 0 Å². The summed E-state index contributed by atoms with van der Waals surface area (Å²) < 4.78 is 1.90. The quantitative estimate of drug-likeness (QED) is 0.514. The molecule has 0 radical (unpaired) electrons. The average molecular weight is 310 g/mol. The van der Waals surface area contributed by atoms with Gasteiger partial charge in [0.2, 0.25) is 5.69 Å². The van der Waals surface area contributed by atoms with Crippen molar-refractivity contribution in [2.75, 3.05) is 0 Å². The standard InChI is InChI=1S/C20H14N4/c1-21-17-12-18-19(16-10-6-3-7-11-16)23-24(20(18)22-13-17)14-15-8-4-2-5-9-15/h2-13H,14H2. The second kappa shape index (κ2) is 5.98. The Balaban J connectivity index is 1.90. The lowest BCUT2D eigenvalue weighted by Gasteiger charge is -2.02. The smallest absolute Gasteiger partial charge is 0.205 e. The number of benzene rings is 2. The van der Waals surface area contributed by atoms with E-state index in [1.54, 1.807) is 6.20 Å². The lowest BCUT2D eigenvalue weighted by atomic mass is 10.1. The highest BCUT2D eigenvalue weighted by atomic mass is 15.3. The Hall–Kier alpha value is -3.45. The number of hydrogen-bond donors (Lipinski definition) is 0. The van der Waals surface area contributed by atoms with E-state index in [9.17, 15) is 0 Å². The van der Waals surface area contributed by atoms with Gasteiger partial charge in [-0.25, -0.2) is 14.5 Å². The normalized spacial score (nSPS) is 10.6. The molecule has 2 aromatic carbocycles. The van der Waals surface area contributed by atoms with Crippen LogP contribution in [0.3, 0.4) is 0 Å². The van der Waals surface area contributed by atoms with Gasteiger partial charge in [0.1, 0.15) is 5.69 Å². The minimum absolute atomic E-state index is 0.527. The Morgan fingerprint density at radius 2 is 1.67 bits per heavy atom. The number of pyridine rings is 1. The largest absolute Gasteiger partial charge is 0.249 e. The van der Waals surface area contributed by atoms with Crippen LogP contribution in [0.15, 0.2) is 72.9 Å². The van der Waals surface area contributed by atoms with Gasteiger partial charge in [-0.2, -0.15) is 5.10 Å². The zero-order valence-electron chi connectivity index (χ0n) is 12.9. The Morgan fingerprint density at radius 3 is 2.38 bits per heavy atom. The van der Waals surface area contributed by atoms with Crippen molar-refractivity contribution in [3.63, 3.8) is 0 Å². The van der Waals surface area contributed by atoms with Crippen LogP contribution in [0.4, 0.5) is 5.69 Å². The van der Waals surface area contributed by atoms with Gasteiger partial charge < -0.3 is 0 Å². The van der Waals surface area contributed by atoms with Crippen LogP contribution in [0.1, 0.15) is 5.56 Å². The molecule has 0 N–H and O–H groups in total. The van der Waals surface area contributed by atoms with Gasteiger partial charge in [0.05, 0.1) is 13.1 Å². The third-order valence-corrected chi connectivity index (χ3v) is 3.92. The Morgan fingerprint density at radius 1 is 0.958 bits per heavy atom. The summed E-state index contributed by atoms with van der Waals surface area (Å²) in [4.78, 5) is 7.98. The number of hydrogen-bond acceptors (Lipinski definition) is 2. The van der Waals surface area contributed by atoms with Gasteiger partial charge in [0.15, 0.2) is 5.65 Å². The molecule has 2 aromatic heterocycles. The molecule has 0 amide bonds. The molecule has 4 nitrogen and oxygen atoms in total.